The van der Waals surface area contributed by atoms with Crippen molar-refractivity contribution in [3.63, 3.8) is 0 Å². The first kappa shape index (κ1) is 17.0. The van der Waals surface area contributed by atoms with Crippen LogP contribution in [0.1, 0.15) is 11.1 Å². The Kier molecular flexibility index (Phi) is 4.26. The molecule has 2 aromatic rings. The van der Waals surface area contributed by atoms with Crippen LogP contribution in [0.4, 0.5) is 18.9 Å². The Balaban J connectivity index is 2.06. The third kappa shape index (κ3) is 3.36. The Bertz CT molecular complexity index is 907. The molecule has 2 aromatic carbocycles. The van der Waals surface area contributed by atoms with Crippen molar-refractivity contribution in [2.24, 2.45) is 0 Å². The van der Waals surface area contributed by atoms with Crippen LogP contribution in [-0.4, -0.2) is 11.8 Å². The Morgan fingerprint density at radius 1 is 0.960 bits per heavy atom. The summed E-state index contributed by atoms with van der Waals surface area (Å²) in [5, 5.41) is 4.95. The fourth-order valence-electron chi connectivity index (χ4n) is 2.41. The van der Waals surface area contributed by atoms with Gasteiger partial charge in [-0.2, -0.15) is 13.2 Å². The maximum Gasteiger partial charge on any atom is 0.416 e. The van der Waals surface area contributed by atoms with Gasteiger partial charge in [-0.1, -0.05) is 35.9 Å². The summed E-state index contributed by atoms with van der Waals surface area (Å²) in [7, 11) is 0. The molecule has 128 valence electrons. The highest BCUT2D eigenvalue weighted by molar-refractivity contribution is 6.40. The van der Waals surface area contributed by atoms with E-state index in [-0.39, 0.29) is 22.0 Å². The smallest absolute Gasteiger partial charge is 0.350 e. The molecule has 2 N–H and O–H groups in total. The molecule has 1 aliphatic heterocycles. The van der Waals surface area contributed by atoms with E-state index in [0.717, 1.165) is 12.1 Å². The first-order valence-electron chi connectivity index (χ1n) is 7.06. The van der Waals surface area contributed by atoms with Gasteiger partial charge in [0, 0.05) is 16.3 Å². The van der Waals surface area contributed by atoms with Crippen LogP contribution in [0.3, 0.4) is 0 Å². The summed E-state index contributed by atoms with van der Waals surface area (Å²) in [5.41, 5.74) is -0.714. The summed E-state index contributed by atoms with van der Waals surface area (Å²) in [6.45, 7) is 0. The second-order valence-corrected chi connectivity index (χ2v) is 5.62. The number of nitrogens with one attached hydrogen (secondary N) is 2. The van der Waals surface area contributed by atoms with Crippen molar-refractivity contribution in [3.05, 3.63) is 70.4 Å². The molecule has 0 radical (unpaired) electrons. The number of anilines is 1. The van der Waals surface area contributed by atoms with Crippen molar-refractivity contribution in [3.8, 4) is 0 Å². The Labute approximate surface area is 145 Å². The average molecular weight is 367 g/mol. The largest absolute Gasteiger partial charge is 0.416 e. The minimum Gasteiger partial charge on any atom is -0.350 e. The molecule has 0 aliphatic carbocycles. The van der Waals surface area contributed by atoms with E-state index in [2.05, 4.69) is 10.6 Å². The van der Waals surface area contributed by atoms with E-state index in [9.17, 15) is 22.8 Å². The predicted molar refractivity (Wildman–Crippen MR) is 86.6 cm³/mol. The van der Waals surface area contributed by atoms with Gasteiger partial charge >= 0.3 is 6.18 Å². The lowest BCUT2D eigenvalue weighted by Crippen LogP contribution is -2.24. The second-order valence-electron chi connectivity index (χ2n) is 5.22. The third-order valence-electron chi connectivity index (χ3n) is 3.53. The number of hydrogen-bond donors (Lipinski definition) is 2. The van der Waals surface area contributed by atoms with E-state index in [0.29, 0.717) is 5.56 Å². The average Bonchev–Trinajstić information content (AvgIpc) is 2.81. The van der Waals surface area contributed by atoms with Crippen molar-refractivity contribution in [2.45, 2.75) is 6.18 Å². The molecule has 0 spiro atoms. The zero-order chi connectivity index (χ0) is 18.2. The number of rotatable bonds is 3. The molecule has 3 rings (SSSR count). The van der Waals surface area contributed by atoms with Crippen molar-refractivity contribution in [2.75, 3.05) is 5.32 Å². The standard InChI is InChI=1S/C17H10ClF3N2O2/c18-12-7-2-1-6-11(12)13-14(16(25)23-15(13)24)22-10-5-3-4-9(8-10)17(19,20)21/h1-8H,(H2,22,23,24,25). The molecule has 4 nitrogen and oxygen atoms in total. The Hall–Kier alpha value is -2.80. The van der Waals surface area contributed by atoms with E-state index in [4.69, 9.17) is 11.6 Å². The first-order chi connectivity index (χ1) is 11.8. The second kappa shape index (κ2) is 6.25. The molecule has 0 bridgehead atoms. The van der Waals surface area contributed by atoms with Gasteiger partial charge in [0.15, 0.2) is 0 Å². The van der Waals surface area contributed by atoms with Gasteiger partial charge in [-0.3, -0.25) is 14.9 Å². The van der Waals surface area contributed by atoms with Crippen LogP contribution in [0.15, 0.2) is 54.2 Å². The number of halogens is 4. The molecule has 0 aromatic heterocycles. The third-order valence-corrected chi connectivity index (χ3v) is 3.86. The van der Waals surface area contributed by atoms with Gasteiger partial charge < -0.3 is 5.32 Å². The number of carbonyl (C=O) groups excluding carboxylic acids is 2. The van der Waals surface area contributed by atoms with Gasteiger partial charge in [-0.15, -0.1) is 0 Å². The van der Waals surface area contributed by atoms with Crippen LogP contribution in [0.25, 0.3) is 5.57 Å². The fourth-order valence-corrected chi connectivity index (χ4v) is 2.64. The highest BCUT2D eigenvalue weighted by atomic mass is 35.5. The molecule has 0 atom stereocenters. The van der Waals surface area contributed by atoms with Crippen LogP contribution >= 0.6 is 11.6 Å². The predicted octanol–water partition coefficient (Wildman–Crippen LogP) is 3.84. The van der Waals surface area contributed by atoms with E-state index >= 15 is 0 Å². The van der Waals surface area contributed by atoms with Crippen LogP contribution in [0.5, 0.6) is 0 Å². The summed E-state index contributed by atoms with van der Waals surface area (Å²) in [4.78, 5) is 24.1. The van der Waals surface area contributed by atoms with E-state index in [1.54, 1.807) is 24.3 Å². The lowest BCUT2D eigenvalue weighted by atomic mass is 10.0. The fraction of sp³-hybridized carbons (Fsp3) is 0.0588. The van der Waals surface area contributed by atoms with Gasteiger partial charge in [-0.05, 0) is 24.3 Å². The normalized spacial score (nSPS) is 14.7. The molecule has 0 fully saturated rings. The summed E-state index contributed by atoms with van der Waals surface area (Å²) in [6.07, 6.45) is -4.52. The number of hydrogen-bond acceptors (Lipinski definition) is 3. The number of alkyl halides is 3. The SMILES string of the molecule is O=C1NC(=O)C(c2ccccc2Cl)=C1Nc1cccc(C(F)(F)F)c1. The van der Waals surface area contributed by atoms with E-state index < -0.39 is 23.6 Å². The molecular formula is C17H10ClF3N2O2. The number of imide groups is 1. The molecule has 0 saturated heterocycles. The van der Waals surface area contributed by atoms with Crippen LogP contribution in [-0.2, 0) is 15.8 Å². The van der Waals surface area contributed by atoms with Crippen LogP contribution < -0.4 is 10.6 Å². The first-order valence-corrected chi connectivity index (χ1v) is 7.44. The van der Waals surface area contributed by atoms with Crippen molar-refractivity contribution < 1.29 is 22.8 Å². The molecule has 0 unspecified atom stereocenters. The minimum atomic E-state index is -4.52. The monoisotopic (exact) mass is 366 g/mol. The van der Waals surface area contributed by atoms with E-state index in [1.165, 1.54) is 12.1 Å². The van der Waals surface area contributed by atoms with Crippen LogP contribution in [0, 0.1) is 0 Å². The molecule has 1 heterocycles. The summed E-state index contributed by atoms with van der Waals surface area (Å²) in [5.74, 6) is -1.41. The van der Waals surface area contributed by atoms with Crippen molar-refractivity contribution >= 4 is 34.7 Å². The van der Waals surface area contributed by atoms with Gasteiger partial charge in [0.2, 0.25) is 0 Å². The zero-order valence-corrected chi connectivity index (χ0v) is 13.2. The summed E-state index contributed by atoms with van der Waals surface area (Å²) in [6, 6.07) is 10.7. The molecule has 2 amide bonds. The van der Waals surface area contributed by atoms with Gasteiger partial charge in [0.25, 0.3) is 11.8 Å². The molecule has 25 heavy (non-hydrogen) atoms. The van der Waals surface area contributed by atoms with Crippen molar-refractivity contribution in [1.82, 2.24) is 5.32 Å². The highest BCUT2D eigenvalue weighted by Crippen LogP contribution is 2.33. The number of amides is 2. The molecule has 0 saturated carbocycles. The Morgan fingerprint density at radius 3 is 2.36 bits per heavy atom. The molecular weight excluding hydrogens is 357 g/mol. The number of carbonyl (C=O) groups is 2. The maximum atomic E-state index is 12.8. The van der Waals surface area contributed by atoms with Gasteiger partial charge in [0.05, 0.1) is 11.1 Å². The summed E-state index contributed by atoms with van der Waals surface area (Å²) >= 11 is 6.07. The minimum absolute atomic E-state index is 0.0204. The summed E-state index contributed by atoms with van der Waals surface area (Å²) < 4.78 is 38.5. The topological polar surface area (TPSA) is 58.2 Å². The quantitative estimate of drug-likeness (QED) is 0.811. The van der Waals surface area contributed by atoms with Gasteiger partial charge in [-0.25, -0.2) is 0 Å². The van der Waals surface area contributed by atoms with Crippen LogP contribution in [0.2, 0.25) is 5.02 Å². The lowest BCUT2D eigenvalue weighted by Gasteiger charge is -2.11. The highest BCUT2D eigenvalue weighted by Gasteiger charge is 2.34. The maximum absolute atomic E-state index is 12.8. The number of benzene rings is 2. The Morgan fingerprint density at radius 2 is 1.68 bits per heavy atom. The lowest BCUT2D eigenvalue weighted by molar-refractivity contribution is -0.137. The van der Waals surface area contributed by atoms with Crippen molar-refractivity contribution in [1.29, 1.82) is 0 Å². The van der Waals surface area contributed by atoms with E-state index in [1.807, 2.05) is 0 Å². The molecule has 8 heteroatoms. The molecule has 1 aliphatic rings. The zero-order valence-electron chi connectivity index (χ0n) is 12.4. The van der Waals surface area contributed by atoms with Gasteiger partial charge in [0.1, 0.15) is 5.70 Å².